The fourth-order valence-electron chi connectivity index (χ4n) is 1.64. The first-order valence-corrected chi connectivity index (χ1v) is 7.54. The van der Waals surface area contributed by atoms with Crippen LogP contribution in [0.15, 0.2) is 45.3 Å². The lowest BCUT2D eigenvalue weighted by atomic mass is 10.1. The van der Waals surface area contributed by atoms with E-state index in [0.717, 1.165) is 0 Å². The molecule has 0 saturated carbocycles. The number of rotatable bonds is 5. The van der Waals surface area contributed by atoms with Crippen LogP contribution in [0.3, 0.4) is 0 Å². The summed E-state index contributed by atoms with van der Waals surface area (Å²) < 4.78 is 24.5. The van der Waals surface area contributed by atoms with Gasteiger partial charge in [0.1, 0.15) is 17.3 Å². The minimum absolute atomic E-state index is 0.128. The Morgan fingerprint density at radius 3 is 2.52 bits per heavy atom. The highest BCUT2D eigenvalue weighted by molar-refractivity contribution is 9.10. The fraction of sp³-hybridized carbons (Fsp3) is 0.133. The van der Waals surface area contributed by atoms with Gasteiger partial charge in [-0.2, -0.15) is 0 Å². The Kier molecular flexibility index (Phi) is 5.36. The Morgan fingerprint density at radius 2 is 1.90 bits per heavy atom. The lowest BCUT2D eigenvalue weighted by molar-refractivity contribution is 0.0921. The number of hydrogen-bond donors (Lipinski definition) is 0. The molecular weight excluding hydrogens is 407 g/mol. The standard InChI is InChI=1S/C15H11Br2FO3/c1-20-15-5-2-9(6-12(15)17)14(19)8-21-10-3-4-13(18)11(16)7-10/h2-7H,8H2,1H3. The molecule has 3 nitrogen and oxygen atoms in total. The Labute approximate surface area is 138 Å². The first kappa shape index (κ1) is 16.0. The summed E-state index contributed by atoms with van der Waals surface area (Å²) in [5.74, 6) is 0.505. The summed E-state index contributed by atoms with van der Waals surface area (Å²) in [7, 11) is 1.55. The van der Waals surface area contributed by atoms with Crippen molar-refractivity contribution in [3.63, 3.8) is 0 Å². The van der Waals surface area contributed by atoms with E-state index in [-0.39, 0.29) is 18.2 Å². The Hall–Kier alpha value is -1.40. The summed E-state index contributed by atoms with van der Waals surface area (Å²) in [5, 5.41) is 0. The molecular formula is C15H11Br2FO3. The zero-order valence-corrected chi connectivity index (χ0v) is 14.2. The van der Waals surface area contributed by atoms with Gasteiger partial charge in [0.25, 0.3) is 0 Å². The van der Waals surface area contributed by atoms with Gasteiger partial charge in [0, 0.05) is 5.56 Å². The lowest BCUT2D eigenvalue weighted by Gasteiger charge is -2.08. The Morgan fingerprint density at radius 1 is 1.14 bits per heavy atom. The van der Waals surface area contributed by atoms with Gasteiger partial charge >= 0.3 is 0 Å². The van der Waals surface area contributed by atoms with Crippen LogP contribution in [-0.2, 0) is 0 Å². The van der Waals surface area contributed by atoms with Gasteiger partial charge in [-0.15, -0.1) is 0 Å². The van der Waals surface area contributed by atoms with Crippen LogP contribution in [-0.4, -0.2) is 19.5 Å². The molecule has 2 aromatic rings. The molecule has 0 aliphatic rings. The van der Waals surface area contributed by atoms with Crippen LogP contribution < -0.4 is 9.47 Å². The molecule has 0 heterocycles. The summed E-state index contributed by atoms with van der Waals surface area (Å²) in [6, 6.07) is 9.25. The van der Waals surface area contributed by atoms with E-state index in [4.69, 9.17) is 9.47 Å². The molecule has 0 aliphatic carbocycles. The number of carbonyl (C=O) groups excluding carboxylic acids is 1. The average Bonchev–Trinajstić information content (AvgIpc) is 2.48. The zero-order chi connectivity index (χ0) is 15.4. The second-order valence-electron chi connectivity index (χ2n) is 4.14. The molecule has 0 aromatic heterocycles. The van der Waals surface area contributed by atoms with Crippen LogP contribution in [0.1, 0.15) is 10.4 Å². The first-order valence-electron chi connectivity index (χ1n) is 5.96. The van der Waals surface area contributed by atoms with Crippen LogP contribution in [0.5, 0.6) is 11.5 Å². The van der Waals surface area contributed by atoms with Crippen molar-refractivity contribution in [2.45, 2.75) is 0 Å². The van der Waals surface area contributed by atoms with Crippen LogP contribution in [0.25, 0.3) is 0 Å². The molecule has 0 N–H and O–H groups in total. The van der Waals surface area contributed by atoms with E-state index in [1.54, 1.807) is 25.3 Å². The first-order chi connectivity index (χ1) is 10.0. The van der Waals surface area contributed by atoms with Crippen molar-refractivity contribution in [3.8, 4) is 11.5 Å². The molecule has 0 spiro atoms. The molecule has 0 radical (unpaired) electrons. The van der Waals surface area contributed by atoms with Crippen molar-refractivity contribution in [3.05, 3.63) is 56.7 Å². The normalized spacial score (nSPS) is 10.3. The van der Waals surface area contributed by atoms with E-state index >= 15 is 0 Å². The fourth-order valence-corrected chi connectivity index (χ4v) is 2.54. The van der Waals surface area contributed by atoms with Gasteiger partial charge in [0.2, 0.25) is 0 Å². The molecule has 2 rings (SSSR count). The molecule has 2 aromatic carbocycles. The molecule has 0 amide bonds. The van der Waals surface area contributed by atoms with Crippen LogP contribution in [0.2, 0.25) is 0 Å². The SMILES string of the molecule is COc1ccc(C(=O)COc2ccc(F)c(Br)c2)cc1Br. The Bertz CT molecular complexity index is 674. The number of Topliss-reactive ketones (excluding diaryl/α,β-unsaturated/α-hetero) is 1. The second kappa shape index (κ2) is 7.04. The van der Waals surface area contributed by atoms with Crippen LogP contribution in [0.4, 0.5) is 4.39 Å². The Balaban J connectivity index is 2.04. The molecule has 0 atom stereocenters. The quantitative estimate of drug-likeness (QED) is 0.666. The smallest absolute Gasteiger partial charge is 0.200 e. The molecule has 6 heteroatoms. The van der Waals surface area contributed by atoms with E-state index in [9.17, 15) is 9.18 Å². The van der Waals surface area contributed by atoms with Gasteiger partial charge in [-0.05, 0) is 68.3 Å². The number of methoxy groups -OCH3 is 1. The second-order valence-corrected chi connectivity index (χ2v) is 5.85. The van der Waals surface area contributed by atoms with Crippen molar-refractivity contribution in [1.82, 2.24) is 0 Å². The monoisotopic (exact) mass is 416 g/mol. The maximum Gasteiger partial charge on any atom is 0.200 e. The van der Waals surface area contributed by atoms with E-state index in [1.807, 2.05) is 0 Å². The van der Waals surface area contributed by atoms with E-state index in [1.165, 1.54) is 18.2 Å². The number of ether oxygens (including phenoxy) is 2. The van der Waals surface area contributed by atoms with E-state index in [0.29, 0.717) is 26.0 Å². The summed E-state index contributed by atoms with van der Waals surface area (Å²) in [6.07, 6.45) is 0. The van der Waals surface area contributed by atoms with Crippen LogP contribution in [0, 0.1) is 5.82 Å². The third-order valence-electron chi connectivity index (χ3n) is 2.73. The van der Waals surface area contributed by atoms with Gasteiger partial charge in [-0.3, -0.25) is 4.79 Å². The summed E-state index contributed by atoms with van der Waals surface area (Å²) in [6.45, 7) is -0.128. The highest BCUT2D eigenvalue weighted by Gasteiger charge is 2.10. The van der Waals surface area contributed by atoms with Crippen molar-refractivity contribution in [2.75, 3.05) is 13.7 Å². The number of hydrogen-bond acceptors (Lipinski definition) is 3. The highest BCUT2D eigenvalue weighted by atomic mass is 79.9. The van der Waals surface area contributed by atoms with Gasteiger partial charge in [0.15, 0.2) is 12.4 Å². The van der Waals surface area contributed by atoms with Gasteiger partial charge in [-0.1, -0.05) is 0 Å². The topological polar surface area (TPSA) is 35.5 Å². The highest BCUT2D eigenvalue weighted by Crippen LogP contribution is 2.26. The number of carbonyl (C=O) groups is 1. The summed E-state index contributed by atoms with van der Waals surface area (Å²) >= 11 is 6.39. The molecule has 0 unspecified atom stereocenters. The third kappa shape index (κ3) is 4.04. The van der Waals surface area contributed by atoms with Gasteiger partial charge in [0.05, 0.1) is 16.1 Å². The molecule has 0 fully saturated rings. The maximum atomic E-state index is 13.1. The van der Waals surface area contributed by atoms with Gasteiger partial charge in [-0.25, -0.2) is 4.39 Å². The predicted octanol–water partition coefficient (Wildman–Crippen LogP) is 4.62. The largest absolute Gasteiger partial charge is 0.496 e. The minimum Gasteiger partial charge on any atom is -0.496 e. The zero-order valence-electron chi connectivity index (χ0n) is 11.0. The van der Waals surface area contributed by atoms with Crippen molar-refractivity contribution in [2.24, 2.45) is 0 Å². The van der Waals surface area contributed by atoms with Crippen LogP contribution >= 0.6 is 31.9 Å². The van der Waals surface area contributed by atoms with E-state index in [2.05, 4.69) is 31.9 Å². The van der Waals surface area contributed by atoms with Crippen molar-refractivity contribution >= 4 is 37.6 Å². The molecule has 0 aliphatic heterocycles. The number of benzene rings is 2. The summed E-state index contributed by atoms with van der Waals surface area (Å²) in [5.41, 5.74) is 0.504. The lowest BCUT2D eigenvalue weighted by Crippen LogP contribution is -2.11. The average molecular weight is 418 g/mol. The molecule has 110 valence electrons. The van der Waals surface area contributed by atoms with Gasteiger partial charge < -0.3 is 9.47 Å². The van der Waals surface area contributed by atoms with Crippen molar-refractivity contribution in [1.29, 1.82) is 0 Å². The molecule has 21 heavy (non-hydrogen) atoms. The van der Waals surface area contributed by atoms with Crippen molar-refractivity contribution < 1.29 is 18.7 Å². The third-order valence-corrected chi connectivity index (χ3v) is 3.96. The predicted molar refractivity (Wildman–Crippen MR) is 84.6 cm³/mol. The van der Waals surface area contributed by atoms with E-state index < -0.39 is 0 Å². The minimum atomic E-state index is -0.382. The number of ketones is 1. The number of halogens is 3. The maximum absolute atomic E-state index is 13.1. The molecule has 0 saturated heterocycles. The molecule has 0 bridgehead atoms. The summed E-state index contributed by atoms with van der Waals surface area (Å²) in [4.78, 5) is 12.0.